The molecule has 0 fully saturated rings. The summed E-state index contributed by atoms with van der Waals surface area (Å²) in [6.07, 6.45) is 1.46. The summed E-state index contributed by atoms with van der Waals surface area (Å²) in [6, 6.07) is 14.6. The Kier molecular flexibility index (Phi) is 5.09. The fraction of sp³-hybridized carbons (Fsp3) is 0.174. The van der Waals surface area contributed by atoms with Gasteiger partial charge in [-0.05, 0) is 25.1 Å². The first-order valence-electron chi connectivity index (χ1n) is 10.2. The molecule has 0 aliphatic carbocycles. The summed E-state index contributed by atoms with van der Waals surface area (Å²) in [7, 11) is 1.56. The molecule has 10 heteroatoms. The summed E-state index contributed by atoms with van der Waals surface area (Å²) in [6.45, 7) is 1.72. The minimum absolute atomic E-state index is 0.0676. The van der Waals surface area contributed by atoms with Gasteiger partial charge in [0.1, 0.15) is 29.9 Å². The smallest absolute Gasteiger partial charge is 0.278 e. The molecule has 5 rings (SSSR count). The van der Waals surface area contributed by atoms with Gasteiger partial charge in [-0.25, -0.2) is 4.98 Å². The van der Waals surface area contributed by atoms with E-state index in [2.05, 4.69) is 20.4 Å². The zero-order valence-electron chi connectivity index (χ0n) is 18.0. The number of fused-ring (bicyclic) bond motifs is 3. The highest BCUT2D eigenvalue weighted by molar-refractivity contribution is 6.06. The lowest BCUT2D eigenvalue weighted by Gasteiger charge is -2.10. The Balaban J connectivity index is 1.56. The molecule has 166 valence electrons. The molecule has 10 nitrogen and oxygen atoms in total. The van der Waals surface area contributed by atoms with E-state index in [0.29, 0.717) is 34.2 Å². The van der Waals surface area contributed by atoms with Gasteiger partial charge >= 0.3 is 0 Å². The first kappa shape index (κ1) is 20.4. The van der Waals surface area contributed by atoms with Gasteiger partial charge in [0.05, 0.1) is 19.0 Å². The van der Waals surface area contributed by atoms with Crippen LogP contribution in [0.3, 0.4) is 0 Å². The Bertz CT molecular complexity index is 1550. The Morgan fingerprint density at radius 1 is 1.18 bits per heavy atom. The van der Waals surface area contributed by atoms with E-state index in [9.17, 15) is 9.59 Å². The molecular weight excluding hydrogens is 424 g/mol. The molecule has 0 saturated carbocycles. The van der Waals surface area contributed by atoms with Gasteiger partial charge in [0.15, 0.2) is 5.82 Å². The minimum Gasteiger partial charge on any atom is -0.497 e. The number of hydrogen-bond donors (Lipinski definition) is 1. The van der Waals surface area contributed by atoms with Gasteiger partial charge in [0.25, 0.3) is 5.56 Å². The van der Waals surface area contributed by atoms with Crippen LogP contribution in [0.1, 0.15) is 11.7 Å². The summed E-state index contributed by atoms with van der Waals surface area (Å²) in [5.74, 6) is 1.13. The molecule has 0 spiro atoms. The fourth-order valence-electron chi connectivity index (χ4n) is 3.82. The predicted molar refractivity (Wildman–Crippen MR) is 121 cm³/mol. The quantitative estimate of drug-likeness (QED) is 0.428. The summed E-state index contributed by atoms with van der Waals surface area (Å²) < 4.78 is 13.4. The monoisotopic (exact) mass is 444 g/mol. The van der Waals surface area contributed by atoms with Gasteiger partial charge < -0.3 is 19.1 Å². The maximum Gasteiger partial charge on any atom is 0.278 e. The third kappa shape index (κ3) is 3.82. The second-order valence-electron chi connectivity index (χ2n) is 7.49. The van der Waals surface area contributed by atoms with Crippen LogP contribution in [0.15, 0.2) is 64.2 Å². The highest BCUT2D eigenvalue weighted by Gasteiger charge is 2.19. The lowest BCUT2D eigenvalue weighted by atomic mass is 10.2. The van der Waals surface area contributed by atoms with Crippen LogP contribution in [-0.2, 0) is 17.9 Å². The zero-order valence-corrected chi connectivity index (χ0v) is 18.0. The van der Waals surface area contributed by atoms with Gasteiger partial charge in [-0.1, -0.05) is 29.4 Å². The summed E-state index contributed by atoms with van der Waals surface area (Å²) in [5, 5.41) is 7.41. The van der Waals surface area contributed by atoms with Crippen LogP contribution in [-0.4, -0.2) is 37.3 Å². The highest BCUT2D eigenvalue weighted by Crippen LogP contribution is 2.25. The van der Waals surface area contributed by atoms with Gasteiger partial charge in [-0.3, -0.25) is 14.2 Å². The van der Waals surface area contributed by atoms with Crippen LogP contribution in [0.4, 0.5) is 5.69 Å². The predicted octanol–water partition coefficient (Wildman–Crippen LogP) is 2.74. The third-order valence-electron chi connectivity index (χ3n) is 5.26. The van der Waals surface area contributed by atoms with Gasteiger partial charge in [-0.15, -0.1) is 0 Å². The lowest BCUT2D eigenvalue weighted by molar-refractivity contribution is -0.116. The largest absolute Gasteiger partial charge is 0.497 e. The second-order valence-corrected chi connectivity index (χ2v) is 7.49. The number of aryl methyl sites for hydroxylation is 1. The molecule has 0 unspecified atom stereocenters. The molecule has 1 amide bonds. The number of carbonyl (C=O) groups is 1. The standard InChI is InChI=1S/C23H20N6O4/c1-14-25-20(33-27-14)12-28-13-24-21-17-8-3-4-9-18(17)29(22(21)23(28)31)11-19(30)26-15-6-5-7-16(10-15)32-2/h3-10,13H,11-12H2,1-2H3,(H,26,30). The Labute approximate surface area is 187 Å². The molecule has 3 aromatic heterocycles. The van der Waals surface area contributed by atoms with Crippen molar-refractivity contribution in [2.24, 2.45) is 0 Å². The van der Waals surface area contributed by atoms with Crippen molar-refractivity contribution >= 4 is 33.5 Å². The van der Waals surface area contributed by atoms with Crippen LogP contribution in [0.25, 0.3) is 21.9 Å². The number of carbonyl (C=O) groups excluding carboxylic acids is 1. The number of para-hydroxylation sites is 1. The number of nitrogens with one attached hydrogen (secondary N) is 1. The van der Waals surface area contributed by atoms with Crippen molar-refractivity contribution in [2.45, 2.75) is 20.0 Å². The lowest BCUT2D eigenvalue weighted by Crippen LogP contribution is -2.25. The van der Waals surface area contributed by atoms with Gasteiger partial charge in [0, 0.05) is 17.1 Å². The molecule has 0 aliphatic rings. The Hall–Kier alpha value is -4.47. The van der Waals surface area contributed by atoms with E-state index in [0.717, 1.165) is 10.9 Å². The molecule has 0 bridgehead atoms. The number of amides is 1. The number of nitrogens with zero attached hydrogens (tertiary/aromatic N) is 5. The molecule has 1 N–H and O–H groups in total. The average molecular weight is 444 g/mol. The van der Waals surface area contributed by atoms with Crippen LogP contribution < -0.4 is 15.6 Å². The fourth-order valence-corrected chi connectivity index (χ4v) is 3.82. The molecular formula is C23H20N6O4. The van der Waals surface area contributed by atoms with Crippen molar-refractivity contribution in [1.29, 1.82) is 0 Å². The van der Waals surface area contributed by atoms with E-state index < -0.39 is 0 Å². The first-order chi connectivity index (χ1) is 16.0. The van der Waals surface area contributed by atoms with Crippen LogP contribution in [0.2, 0.25) is 0 Å². The maximum absolute atomic E-state index is 13.4. The SMILES string of the molecule is COc1cccc(NC(=O)Cn2c3ccccc3c3ncn(Cc4nc(C)no4)c(=O)c32)c1. The molecule has 2 aromatic carbocycles. The van der Waals surface area contributed by atoms with Crippen LogP contribution in [0, 0.1) is 6.92 Å². The van der Waals surface area contributed by atoms with E-state index in [1.807, 2.05) is 24.3 Å². The van der Waals surface area contributed by atoms with E-state index in [1.54, 1.807) is 42.9 Å². The number of benzene rings is 2. The molecule has 3 heterocycles. The van der Waals surface area contributed by atoms with Crippen molar-refractivity contribution in [2.75, 3.05) is 12.4 Å². The molecule has 0 radical (unpaired) electrons. The first-order valence-corrected chi connectivity index (χ1v) is 10.2. The summed E-state index contributed by atoms with van der Waals surface area (Å²) in [5.41, 5.74) is 1.89. The topological polar surface area (TPSA) is 117 Å². The molecule has 33 heavy (non-hydrogen) atoms. The molecule has 0 aliphatic heterocycles. The highest BCUT2D eigenvalue weighted by atomic mass is 16.5. The van der Waals surface area contributed by atoms with Crippen molar-refractivity contribution in [1.82, 2.24) is 24.3 Å². The average Bonchev–Trinajstić information content (AvgIpc) is 3.37. The van der Waals surface area contributed by atoms with Crippen LogP contribution in [0.5, 0.6) is 5.75 Å². The van der Waals surface area contributed by atoms with Crippen molar-refractivity contribution in [3.05, 3.63) is 76.9 Å². The number of anilines is 1. The van der Waals surface area contributed by atoms with E-state index in [-0.39, 0.29) is 24.6 Å². The maximum atomic E-state index is 13.4. The summed E-state index contributed by atoms with van der Waals surface area (Å²) in [4.78, 5) is 35.0. The number of methoxy groups -OCH3 is 1. The Morgan fingerprint density at radius 2 is 2.03 bits per heavy atom. The molecule has 5 aromatic rings. The van der Waals surface area contributed by atoms with Gasteiger partial charge in [-0.2, -0.15) is 4.98 Å². The minimum atomic E-state index is -0.304. The molecule has 0 saturated heterocycles. The van der Waals surface area contributed by atoms with Crippen LogP contribution >= 0.6 is 0 Å². The summed E-state index contributed by atoms with van der Waals surface area (Å²) >= 11 is 0. The number of aromatic nitrogens is 5. The van der Waals surface area contributed by atoms with Gasteiger partial charge in [0.2, 0.25) is 11.8 Å². The van der Waals surface area contributed by atoms with Crippen molar-refractivity contribution < 1.29 is 14.1 Å². The number of rotatable bonds is 6. The van der Waals surface area contributed by atoms with E-state index >= 15 is 0 Å². The normalized spacial score (nSPS) is 11.2. The van der Waals surface area contributed by atoms with Crippen molar-refractivity contribution in [3.63, 3.8) is 0 Å². The Morgan fingerprint density at radius 3 is 2.82 bits per heavy atom. The van der Waals surface area contributed by atoms with Crippen molar-refractivity contribution in [3.8, 4) is 5.75 Å². The zero-order chi connectivity index (χ0) is 22.9. The third-order valence-corrected chi connectivity index (χ3v) is 5.26. The number of hydrogen-bond acceptors (Lipinski definition) is 7. The second kappa shape index (κ2) is 8.23. The molecule has 0 atom stereocenters. The number of ether oxygens (including phenoxy) is 1. The van der Waals surface area contributed by atoms with E-state index in [1.165, 1.54) is 10.9 Å². The van der Waals surface area contributed by atoms with E-state index in [4.69, 9.17) is 9.26 Å².